The molecule has 0 aliphatic heterocycles. The zero-order valence-electron chi connectivity index (χ0n) is 13.2. The van der Waals surface area contributed by atoms with Crippen molar-refractivity contribution in [3.8, 4) is 23.0 Å². The van der Waals surface area contributed by atoms with Gasteiger partial charge in [-0.3, -0.25) is 0 Å². The molecule has 2 rings (SSSR count). The fourth-order valence-electron chi connectivity index (χ4n) is 2.35. The molecule has 0 aliphatic rings. The van der Waals surface area contributed by atoms with Crippen molar-refractivity contribution in [2.24, 2.45) is 0 Å². The van der Waals surface area contributed by atoms with Gasteiger partial charge in [-0.15, -0.1) is 0 Å². The number of esters is 1. The normalized spacial score (nSPS) is 10.2. The number of fused-ring (bicyclic) bond motifs is 1. The smallest absolute Gasteiger partial charge is 0.338 e. The minimum Gasteiger partial charge on any atom is -0.496 e. The largest absolute Gasteiger partial charge is 0.496 e. The first-order chi connectivity index (χ1) is 10.6. The van der Waals surface area contributed by atoms with Crippen molar-refractivity contribution in [2.45, 2.75) is 0 Å². The SMILES string of the molecule is COC(=O)c1cc(OC)c2c(OC)c(OC)cc(OC)c2c1. The van der Waals surface area contributed by atoms with Gasteiger partial charge in [0.05, 0.1) is 46.5 Å². The second-order valence-electron chi connectivity index (χ2n) is 4.41. The van der Waals surface area contributed by atoms with E-state index in [9.17, 15) is 4.79 Å². The first kappa shape index (κ1) is 15.8. The van der Waals surface area contributed by atoms with Gasteiger partial charge in [0.2, 0.25) is 0 Å². The number of hydrogen-bond donors (Lipinski definition) is 0. The molecule has 0 spiro atoms. The van der Waals surface area contributed by atoms with Crippen LogP contribution in [0.1, 0.15) is 10.4 Å². The first-order valence-corrected chi connectivity index (χ1v) is 6.50. The van der Waals surface area contributed by atoms with E-state index >= 15 is 0 Å². The van der Waals surface area contributed by atoms with Crippen molar-refractivity contribution in [2.75, 3.05) is 35.5 Å². The van der Waals surface area contributed by atoms with Crippen LogP contribution in [0, 0.1) is 0 Å². The average molecular weight is 306 g/mol. The molecule has 0 heterocycles. The second-order valence-corrected chi connectivity index (χ2v) is 4.41. The Morgan fingerprint density at radius 1 is 0.773 bits per heavy atom. The van der Waals surface area contributed by atoms with Crippen LogP contribution in [-0.2, 0) is 4.74 Å². The third-order valence-electron chi connectivity index (χ3n) is 3.37. The van der Waals surface area contributed by atoms with Crippen molar-refractivity contribution >= 4 is 16.7 Å². The number of carbonyl (C=O) groups excluding carboxylic acids is 1. The predicted octanol–water partition coefficient (Wildman–Crippen LogP) is 2.66. The molecule has 0 amide bonds. The number of ether oxygens (including phenoxy) is 5. The third-order valence-corrected chi connectivity index (χ3v) is 3.37. The molecule has 118 valence electrons. The number of hydrogen-bond acceptors (Lipinski definition) is 6. The van der Waals surface area contributed by atoms with Crippen LogP contribution in [0.3, 0.4) is 0 Å². The highest BCUT2D eigenvalue weighted by atomic mass is 16.5. The predicted molar refractivity (Wildman–Crippen MR) is 81.5 cm³/mol. The van der Waals surface area contributed by atoms with E-state index in [2.05, 4.69) is 0 Å². The maximum absolute atomic E-state index is 11.8. The zero-order valence-corrected chi connectivity index (χ0v) is 13.2. The molecule has 0 saturated heterocycles. The minimum absolute atomic E-state index is 0.359. The average Bonchev–Trinajstić information content (AvgIpc) is 2.58. The van der Waals surface area contributed by atoms with E-state index < -0.39 is 5.97 Å². The maximum Gasteiger partial charge on any atom is 0.338 e. The number of rotatable bonds is 5. The van der Waals surface area contributed by atoms with E-state index in [1.165, 1.54) is 28.4 Å². The Kier molecular flexibility index (Phi) is 4.60. The molecule has 0 saturated carbocycles. The lowest BCUT2D eigenvalue weighted by atomic mass is 10.0. The number of benzene rings is 2. The lowest BCUT2D eigenvalue weighted by Crippen LogP contribution is -2.03. The van der Waals surface area contributed by atoms with Crippen LogP contribution in [0.15, 0.2) is 18.2 Å². The van der Waals surface area contributed by atoms with Gasteiger partial charge in [-0.25, -0.2) is 4.79 Å². The van der Waals surface area contributed by atoms with Crippen molar-refractivity contribution < 1.29 is 28.5 Å². The molecule has 0 fully saturated rings. The van der Waals surface area contributed by atoms with Crippen LogP contribution in [-0.4, -0.2) is 41.5 Å². The summed E-state index contributed by atoms with van der Waals surface area (Å²) in [5.41, 5.74) is 0.359. The highest BCUT2D eigenvalue weighted by Crippen LogP contribution is 2.46. The van der Waals surface area contributed by atoms with Crippen LogP contribution >= 0.6 is 0 Å². The molecule has 22 heavy (non-hydrogen) atoms. The maximum atomic E-state index is 11.8. The Morgan fingerprint density at radius 3 is 1.91 bits per heavy atom. The molecular formula is C16H18O6. The highest BCUT2D eigenvalue weighted by Gasteiger charge is 2.21. The summed E-state index contributed by atoms with van der Waals surface area (Å²) < 4.78 is 26.3. The van der Waals surface area contributed by atoms with Crippen LogP contribution < -0.4 is 18.9 Å². The van der Waals surface area contributed by atoms with Gasteiger partial charge in [0.25, 0.3) is 0 Å². The van der Waals surface area contributed by atoms with E-state index in [4.69, 9.17) is 23.7 Å². The lowest BCUT2D eigenvalue weighted by molar-refractivity contribution is 0.0600. The van der Waals surface area contributed by atoms with Gasteiger partial charge in [0.1, 0.15) is 11.5 Å². The molecule has 2 aromatic rings. The summed E-state index contributed by atoms with van der Waals surface area (Å²) in [4.78, 5) is 11.8. The van der Waals surface area contributed by atoms with E-state index in [0.717, 1.165) is 0 Å². The summed E-state index contributed by atoms with van der Waals surface area (Å²) in [7, 11) is 7.46. The molecule has 0 aliphatic carbocycles. The van der Waals surface area contributed by atoms with Gasteiger partial charge >= 0.3 is 5.97 Å². The van der Waals surface area contributed by atoms with Gasteiger partial charge in [0.15, 0.2) is 11.5 Å². The van der Waals surface area contributed by atoms with Crippen LogP contribution in [0.4, 0.5) is 0 Å². The van der Waals surface area contributed by atoms with Gasteiger partial charge in [-0.05, 0) is 12.1 Å². The molecule has 2 aromatic carbocycles. The molecule has 0 N–H and O–H groups in total. The number of carbonyl (C=O) groups is 1. The Labute approximate surface area is 128 Å². The van der Waals surface area contributed by atoms with E-state index in [0.29, 0.717) is 39.3 Å². The van der Waals surface area contributed by atoms with Crippen LogP contribution in [0.2, 0.25) is 0 Å². The van der Waals surface area contributed by atoms with Crippen molar-refractivity contribution in [1.82, 2.24) is 0 Å². The first-order valence-electron chi connectivity index (χ1n) is 6.50. The van der Waals surface area contributed by atoms with Gasteiger partial charge in [-0.2, -0.15) is 0 Å². The van der Waals surface area contributed by atoms with Crippen molar-refractivity contribution in [3.63, 3.8) is 0 Å². The summed E-state index contributed by atoms with van der Waals surface area (Å²) in [5.74, 6) is 1.56. The Bertz CT molecular complexity index is 708. The number of methoxy groups -OCH3 is 5. The highest BCUT2D eigenvalue weighted by molar-refractivity contribution is 6.04. The minimum atomic E-state index is -0.461. The van der Waals surface area contributed by atoms with E-state index in [1.807, 2.05) is 0 Å². The molecule has 0 unspecified atom stereocenters. The summed E-state index contributed by atoms with van der Waals surface area (Å²) in [6, 6.07) is 4.96. The third kappa shape index (κ3) is 2.47. The Hall–Kier alpha value is -2.63. The molecule has 0 radical (unpaired) electrons. The second kappa shape index (κ2) is 6.43. The topological polar surface area (TPSA) is 63.2 Å². The van der Waals surface area contributed by atoms with Crippen LogP contribution in [0.25, 0.3) is 10.8 Å². The summed E-state index contributed by atoms with van der Waals surface area (Å²) in [6.07, 6.45) is 0. The van der Waals surface area contributed by atoms with E-state index in [-0.39, 0.29) is 0 Å². The molecule has 0 aromatic heterocycles. The summed E-state index contributed by atoms with van der Waals surface area (Å²) in [6.45, 7) is 0. The van der Waals surface area contributed by atoms with E-state index in [1.54, 1.807) is 25.3 Å². The quantitative estimate of drug-likeness (QED) is 0.791. The Morgan fingerprint density at radius 2 is 1.41 bits per heavy atom. The fraction of sp³-hybridized carbons (Fsp3) is 0.312. The molecule has 6 heteroatoms. The standard InChI is InChI=1S/C16H18O6/c1-18-11-8-13(20-3)15(21-4)14-10(11)6-9(16(17)22-5)7-12(14)19-2/h6-8H,1-5H3. The zero-order chi connectivity index (χ0) is 16.3. The van der Waals surface area contributed by atoms with Crippen LogP contribution in [0.5, 0.6) is 23.0 Å². The fourth-order valence-corrected chi connectivity index (χ4v) is 2.35. The van der Waals surface area contributed by atoms with Gasteiger partial charge < -0.3 is 23.7 Å². The monoisotopic (exact) mass is 306 g/mol. The van der Waals surface area contributed by atoms with Crippen molar-refractivity contribution in [1.29, 1.82) is 0 Å². The summed E-state index contributed by atoms with van der Waals surface area (Å²) in [5, 5.41) is 1.33. The molecule has 0 bridgehead atoms. The molecular weight excluding hydrogens is 288 g/mol. The van der Waals surface area contributed by atoms with Gasteiger partial charge in [-0.1, -0.05) is 0 Å². The summed E-state index contributed by atoms with van der Waals surface area (Å²) >= 11 is 0. The van der Waals surface area contributed by atoms with Gasteiger partial charge in [0, 0.05) is 11.5 Å². The van der Waals surface area contributed by atoms with Crippen molar-refractivity contribution in [3.05, 3.63) is 23.8 Å². The molecule has 0 atom stereocenters. The molecule has 6 nitrogen and oxygen atoms in total. The Balaban J connectivity index is 2.92. The lowest BCUT2D eigenvalue weighted by Gasteiger charge is -2.17.